The van der Waals surface area contributed by atoms with Crippen LogP contribution in [0.5, 0.6) is 5.75 Å². The van der Waals surface area contributed by atoms with Gasteiger partial charge in [0, 0.05) is 21.0 Å². The van der Waals surface area contributed by atoms with Crippen LogP contribution in [0.4, 0.5) is 0 Å². The van der Waals surface area contributed by atoms with Crippen molar-refractivity contribution in [2.24, 2.45) is 0 Å². The molecule has 5 aromatic rings. The smallest absolute Gasteiger partial charge is 0.119 e. The number of fused-ring (bicyclic) bond motifs is 4. The van der Waals surface area contributed by atoms with Gasteiger partial charge in [0.25, 0.3) is 0 Å². The molecule has 4 aromatic carbocycles. The number of hydrogen-bond donors (Lipinski definition) is 0. The van der Waals surface area contributed by atoms with Crippen LogP contribution in [0.2, 0.25) is 0 Å². The molecule has 1 unspecified atom stereocenters. The highest BCUT2D eigenvalue weighted by atomic mass is 79.9. The number of halogens is 1. The number of rotatable bonds is 15. The van der Waals surface area contributed by atoms with Gasteiger partial charge in [-0.2, -0.15) is 8.75 Å². The van der Waals surface area contributed by atoms with Crippen LogP contribution in [-0.4, -0.2) is 14.9 Å². The number of unbranched alkanes of at least 4 members (excludes halogenated alkanes) is 6. The van der Waals surface area contributed by atoms with Gasteiger partial charge >= 0.3 is 0 Å². The fourth-order valence-electron chi connectivity index (χ4n) is 7.37. The van der Waals surface area contributed by atoms with E-state index in [1.165, 1.54) is 108 Å². The van der Waals surface area contributed by atoms with Crippen molar-refractivity contribution in [3.63, 3.8) is 0 Å². The molecule has 0 bridgehead atoms. The molecule has 1 aliphatic rings. The Kier molecular flexibility index (Phi) is 10.6. The highest BCUT2D eigenvalue weighted by Crippen LogP contribution is 2.55. The SMILES string of the molecule is CCCCCCC1(CCCCCC)c2cc(Br)ccc2-c2ccc(-c3ccc(-c4ccc(OC(C)CC)cc4)c4nsnc34)cc21. The van der Waals surface area contributed by atoms with Crippen molar-refractivity contribution in [2.75, 3.05) is 0 Å². The molecule has 46 heavy (non-hydrogen) atoms. The fourth-order valence-corrected chi connectivity index (χ4v) is 8.30. The second kappa shape index (κ2) is 14.8. The average Bonchev–Trinajstić information content (AvgIpc) is 3.67. The maximum absolute atomic E-state index is 6.03. The molecule has 0 spiro atoms. The van der Waals surface area contributed by atoms with Crippen LogP contribution in [0.25, 0.3) is 44.4 Å². The predicted octanol–water partition coefficient (Wildman–Crippen LogP) is 13.2. The Balaban J connectivity index is 1.41. The van der Waals surface area contributed by atoms with Crippen molar-refractivity contribution in [3.05, 3.63) is 88.4 Å². The molecule has 0 N–H and O–H groups in total. The normalized spacial score (nSPS) is 13.9. The maximum atomic E-state index is 6.03. The van der Waals surface area contributed by atoms with Crippen molar-refractivity contribution < 1.29 is 4.74 Å². The number of benzene rings is 4. The van der Waals surface area contributed by atoms with E-state index in [0.717, 1.165) is 39.9 Å². The minimum Gasteiger partial charge on any atom is -0.491 e. The quantitative estimate of drug-likeness (QED) is 0.102. The summed E-state index contributed by atoms with van der Waals surface area (Å²) in [4.78, 5) is 0. The van der Waals surface area contributed by atoms with Gasteiger partial charge in [0.2, 0.25) is 0 Å². The van der Waals surface area contributed by atoms with Gasteiger partial charge in [-0.3, -0.25) is 0 Å². The molecular weight excluding hydrogens is 648 g/mol. The van der Waals surface area contributed by atoms with Crippen molar-refractivity contribution in [1.29, 1.82) is 0 Å². The number of hydrogen-bond acceptors (Lipinski definition) is 4. The van der Waals surface area contributed by atoms with Crippen molar-refractivity contribution in [2.45, 2.75) is 110 Å². The van der Waals surface area contributed by atoms with Gasteiger partial charge in [0.05, 0.1) is 17.8 Å². The molecular formula is C41H47BrN2OS. The van der Waals surface area contributed by atoms with E-state index in [9.17, 15) is 0 Å². The predicted molar refractivity (Wildman–Crippen MR) is 200 cm³/mol. The van der Waals surface area contributed by atoms with Gasteiger partial charge in [-0.15, -0.1) is 0 Å². The summed E-state index contributed by atoms with van der Waals surface area (Å²) in [6.07, 6.45) is 13.8. The lowest BCUT2D eigenvalue weighted by Crippen LogP contribution is -2.25. The second-order valence-electron chi connectivity index (χ2n) is 13.1. The van der Waals surface area contributed by atoms with Gasteiger partial charge in [0.1, 0.15) is 16.8 Å². The third kappa shape index (κ3) is 6.55. The Morgan fingerprint density at radius 3 is 1.80 bits per heavy atom. The zero-order valence-electron chi connectivity index (χ0n) is 27.9. The molecule has 0 aliphatic heterocycles. The summed E-state index contributed by atoms with van der Waals surface area (Å²) in [6, 6.07) is 27.1. The molecule has 1 aromatic heterocycles. The van der Waals surface area contributed by atoms with E-state index < -0.39 is 0 Å². The first kappa shape index (κ1) is 32.9. The Labute approximate surface area is 288 Å². The highest BCUT2D eigenvalue weighted by molar-refractivity contribution is 9.10. The van der Waals surface area contributed by atoms with Crippen LogP contribution >= 0.6 is 27.7 Å². The van der Waals surface area contributed by atoms with E-state index in [1.54, 1.807) is 0 Å². The lowest BCUT2D eigenvalue weighted by atomic mass is 9.70. The molecule has 0 saturated heterocycles. The van der Waals surface area contributed by atoms with E-state index in [0.29, 0.717) is 0 Å². The largest absolute Gasteiger partial charge is 0.491 e. The number of ether oxygens (including phenoxy) is 1. The zero-order chi connectivity index (χ0) is 32.1. The first-order valence-electron chi connectivity index (χ1n) is 17.5. The van der Waals surface area contributed by atoms with Gasteiger partial charge in [-0.25, -0.2) is 0 Å². The molecule has 0 fully saturated rings. The molecule has 6 rings (SSSR count). The molecule has 0 saturated carbocycles. The summed E-state index contributed by atoms with van der Waals surface area (Å²) < 4.78 is 16.9. The minimum atomic E-state index is 0.0322. The van der Waals surface area contributed by atoms with Crippen molar-refractivity contribution >= 4 is 38.7 Å². The Hall–Kier alpha value is -3.02. The molecule has 1 aliphatic carbocycles. The van der Waals surface area contributed by atoms with Crippen LogP contribution in [0.15, 0.2) is 77.3 Å². The fraction of sp³-hybridized carbons (Fsp3) is 0.415. The van der Waals surface area contributed by atoms with Gasteiger partial charge in [0.15, 0.2) is 0 Å². The van der Waals surface area contributed by atoms with Gasteiger partial charge in [-0.05, 0) is 89.9 Å². The van der Waals surface area contributed by atoms with E-state index in [2.05, 4.69) is 116 Å². The standard InChI is InChI=1S/C41H47BrN2OS/c1-5-8-10-12-24-41(25-13-11-9-6-2)37-26-30(16-20-35(37)36-21-17-31(42)27-38(36)41)34-23-22-33(39-40(34)44-46-43-39)29-14-18-32(19-15-29)45-28(4)7-3/h14-23,26-28H,5-13,24-25H2,1-4H3. The monoisotopic (exact) mass is 694 g/mol. The lowest BCUT2D eigenvalue weighted by Gasteiger charge is -2.33. The second-order valence-corrected chi connectivity index (χ2v) is 14.6. The molecule has 0 radical (unpaired) electrons. The zero-order valence-corrected chi connectivity index (χ0v) is 30.3. The first-order chi connectivity index (χ1) is 22.5. The van der Waals surface area contributed by atoms with E-state index in [1.807, 2.05) is 0 Å². The summed E-state index contributed by atoms with van der Waals surface area (Å²) in [7, 11) is 0. The molecule has 1 atom stereocenters. The van der Waals surface area contributed by atoms with Crippen LogP contribution < -0.4 is 4.74 Å². The first-order valence-corrected chi connectivity index (χ1v) is 19.0. The van der Waals surface area contributed by atoms with Crippen molar-refractivity contribution in [1.82, 2.24) is 8.75 Å². The van der Waals surface area contributed by atoms with E-state index in [-0.39, 0.29) is 11.5 Å². The average molecular weight is 696 g/mol. The lowest BCUT2D eigenvalue weighted by molar-refractivity contribution is 0.217. The Bertz CT molecular complexity index is 1760. The number of aromatic nitrogens is 2. The Morgan fingerprint density at radius 2 is 1.20 bits per heavy atom. The van der Waals surface area contributed by atoms with Gasteiger partial charge in [-0.1, -0.05) is 131 Å². The van der Waals surface area contributed by atoms with E-state index >= 15 is 0 Å². The summed E-state index contributed by atoms with van der Waals surface area (Å²) in [5, 5.41) is 0. The van der Waals surface area contributed by atoms with Crippen LogP contribution in [0, 0.1) is 0 Å². The molecule has 3 nitrogen and oxygen atoms in total. The third-order valence-corrected chi connectivity index (χ3v) is 11.1. The highest BCUT2D eigenvalue weighted by Gasteiger charge is 2.42. The van der Waals surface area contributed by atoms with Crippen LogP contribution in [0.3, 0.4) is 0 Å². The summed E-state index contributed by atoms with van der Waals surface area (Å²) in [6.45, 7) is 8.87. The van der Waals surface area contributed by atoms with Crippen LogP contribution in [0.1, 0.15) is 109 Å². The third-order valence-electron chi connectivity index (χ3n) is 10.0. The summed E-state index contributed by atoms with van der Waals surface area (Å²) >= 11 is 5.15. The molecule has 5 heteroatoms. The molecule has 240 valence electrons. The minimum absolute atomic E-state index is 0.0322. The Morgan fingerprint density at radius 1 is 0.652 bits per heavy atom. The van der Waals surface area contributed by atoms with Gasteiger partial charge < -0.3 is 4.74 Å². The molecule has 0 amide bonds. The van der Waals surface area contributed by atoms with Crippen LogP contribution in [-0.2, 0) is 5.41 Å². The summed E-state index contributed by atoms with van der Waals surface area (Å²) in [5.41, 5.74) is 12.5. The van der Waals surface area contributed by atoms with E-state index in [4.69, 9.17) is 13.5 Å². The molecule has 1 heterocycles. The topological polar surface area (TPSA) is 35.0 Å². The number of nitrogens with zero attached hydrogens (tertiary/aromatic N) is 2. The summed E-state index contributed by atoms with van der Waals surface area (Å²) in [5.74, 6) is 0.904. The maximum Gasteiger partial charge on any atom is 0.119 e. The van der Waals surface area contributed by atoms with Crippen molar-refractivity contribution in [3.8, 4) is 39.1 Å².